The zero-order chi connectivity index (χ0) is 13.1. The molecule has 0 aliphatic carbocycles. The van der Waals surface area contributed by atoms with Crippen molar-refractivity contribution in [3.05, 3.63) is 29.1 Å². The van der Waals surface area contributed by atoms with Crippen molar-refractivity contribution in [3.8, 4) is 16.5 Å². The third-order valence-corrected chi connectivity index (χ3v) is 3.65. The van der Waals surface area contributed by atoms with Gasteiger partial charge in [0.1, 0.15) is 9.88 Å². The molecule has 4 nitrogen and oxygen atoms in total. The number of Topliss-reactive ketones (excluding diaryl/α,β-unsaturated/α-hetero) is 1. The van der Waals surface area contributed by atoms with Crippen molar-refractivity contribution < 1.29 is 9.53 Å². The van der Waals surface area contributed by atoms with Crippen LogP contribution in [0.3, 0.4) is 0 Å². The molecule has 18 heavy (non-hydrogen) atoms. The number of ether oxygens (including phenoxy) is 1. The molecule has 0 fully saturated rings. The van der Waals surface area contributed by atoms with Crippen molar-refractivity contribution in [2.75, 3.05) is 12.8 Å². The monoisotopic (exact) mass is 262 g/mol. The van der Waals surface area contributed by atoms with Gasteiger partial charge in [-0.25, -0.2) is 4.98 Å². The highest BCUT2D eigenvalue weighted by Crippen LogP contribution is 2.33. The molecular formula is C13H14N2O2S. The van der Waals surface area contributed by atoms with Gasteiger partial charge in [-0.15, -0.1) is 11.3 Å². The average molecular weight is 262 g/mol. The van der Waals surface area contributed by atoms with E-state index in [-0.39, 0.29) is 5.78 Å². The van der Waals surface area contributed by atoms with Gasteiger partial charge in [-0.3, -0.25) is 4.79 Å². The number of rotatable bonds is 4. The first-order valence-corrected chi connectivity index (χ1v) is 6.41. The molecule has 1 heterocycles. The predicted octanol–water partition coefficient (Wildman–Crippen LogP) is 2.99. The van der Waals surface area contributed by atoms with E-state index < -0.39 is 0 Å². The number of anilines is 1. The first kappa shape index (κ1) is 12.6. The van der Waals surface area contributed by atoms with Gasteiger partial charge in [-0.2, -0.15) is 0 Å². The van der Waals surface area contributed by atoms with Crippen molar-refractivity contribution >= 4 is 22.8 Å². The van der Waals surface area contributed by atoms with Gasteiger partial charge >= 0.3 is 0 Å². The number of nitrogen functional groups attached to an aromatic ring is 1. The second-order valence-electron chi connectivity index (χ2n) is 3.76. The van der Waals surface area contributed by atoms with Crippen molar-refractivity contribution in [2.45, 2.75) is 13.3 Å². The van der Waals surface area contributed by atoms with E-state index in [0.717, 1.165) is 10.6 Å². The summed E-state index contributed by atoms with van der Waals surface area (Å²) in [5.74, 6) is 0.449. The fourth-order valence-electron chi connectivity index (χ4n) is 1.53. The molecule has 1 aromatic carbocycles. The van der Waals surface area contributed by atoms with Crippen LogP contribution in [0.25, 0.3) is 10.6 Å². The molecule has 2 aromatic rings. The standard InChI is InChI=1S/C13H14N2O2S/c1-3-10(16)11-12(17-2)15-13(18-11)8-4-6-9(14)7-5-8/h4-7H,3,14H2,1-2H3. The summed E-state index contributed by atoms with van der Waals surface area (Å²) in [4.78, 5) is 16.7. The summed E-state index contributed by atoms with van der Waals surface area (Å²) >= 11 is 1.35. The number of ketones is 1. The highest BCUT2D eigenvalue weighted by Gasteiger charge is 2.18. The van der Waals surface area contributed by atoms with E-state index in [1.165, 1.54) is 18.4 Å². The van der Waals surface area contributed by atoms with E-state index >= 15 is 0 Å². The molecule has 2 N–H and O–H groups in total. The molecule has 0 aliphatic rings. The summed E-state index contributed by atoms with van der Waals surface area (Å²) < 4.78 is 5.15. The molecule has 0 atom stereocenters. The summed E-state index contributed by atoms with van der Waals surface area (Å²) in [5.41, 5.74) is 7.27. The lowest BCUT2D eigenvalue weighted by Gasteiger charge is -1.96. The highest BCUT2D eigenvalue weighted by molar-refractivity contribution is 7.17. The normalized spacial score (nSPS) is 10.3. The van der Waals surface area contributed by atoms with Crippen LogP contribution in [0.2, 0.25) is 0 Å². The van der Waals surface area contributed by atoms with Crippen LogP contribution >= 0.6 is 11.3 Å². The Labute approximate surface area is 109 Å². The number of hydrogen-bond acceptors (Lipinski definition) is 5. The maximum atomic E-state index is 11.8. The molecule has 5 heteroatoms. The van der Waals surface area contributed by atoms with Crippen LogP contribution < -0.4 is 10.5 Å². The highest BCUT2D eigenvalue weighted by atomic mass is 32.1. The maximum Gasteiger partial charge on any atom is 0.236 e. The first-order valence-electron chi connectivity index (χ1n) is 5.59. The van der Waals surface area contributed by atoms with E-state index in [1.807, 2.05) is 31.2 Å². The Morgan fingerprint density at radius 1 is 1.39 bits per heavy atom. The minimum atomic E-state index is 0.0473. The van der Waals surface area contributed by atoms with Gasteiger partial charge in [-0.05, 0) is 24.3 Å². The molecule has 1 aromatic heterocycles. The number of benzene rings is 1. The summed E-state index contributed by atoms with van der Waals surface area (Å²) in [6.07, 6.45) is 0.444. The zero-order valence-corrected chi connectivity index (χ0v) is 11.1. The van der Waals surface area contributed by atoms with Gasteiger partial charge in [0.15, 0.2) is 5.78 Å². The van der Waals surface area contributed by atoms with Crippen molar-refractivity contribution in [3.63, 3.8) is 0 Å². The third-order valence-electron chi connectivity index (χ3n) is 2.52. The minimum absolute atomic E-state index is 0.0473. The van der Waals surface area contributed by atoms with Crippen LogP contribution in [0.1, 0.15) is 23.0 Å². The van der Waals surface area contributed by atoms with E-state index in [4.69, 9.17) is 10.5 Å². The lowest BCUT2D eigenvalue weighted by molar-refractivity contribution is 0.0989. The van der Waals surface area contributed by atoms with Crippen LogP contribution in [-0.2, 0) is 0 Å². The smallest absolute Gasteiger partial charge is 0.236 e. The second-order valence-corrected chi connectivity index (χ2v) is 4.76. The Morgan fingerprint density at radius 3 is 2.61 bits per heavy atom. The van der Waals surface area contributed by atoms with Crippen LogP contribution in [-0.4, -0.2) is 17.9 Å². The molecule has 0 spiro atoms. The van der Waals surface area contributed by atoms with Gasteiger partial charge in [0, 0.05) is 17.7 Å². The summed E-state index contributed by atoms with van der Waals surface area (Å²) in [6, 6.07) is 7.39. The van der Waals surface area contributed by atoms with Crippen molar-refractivity contribution in [2.24, 2.45) is 0 Å². The van der Waals surface area contributed by atoms with E-state index in [1.54, 1.807) is 0 Å². The molecule has 2 rings (SSSR count). The molecule has 0 saturated carbocycles. The van der Waals surface area contributed by atoms with Gasteiger partial charge in [0.25, 0.3) is 0 Å². The number of carbonyl (C=O) groups excluding carboxylic acids is 1. The minimum Gasteiger partial charge on any atom is -0.480 e. The number of nitrogens with zero attached hydrogens (tertiary/aromatic N) is 1. The molecule has 0 radical (unpaired) electrons. The zero-order valence-electron chi connectivity index (χ0n) is 10.3. The lowest BCUT2D eigenvalue weighted by atomic mass is 10.2. The van der Waals surface area contributed by atoms with Crippen molar-refractivity contribution in [1.82, 2.24) is 4.98 Å². The molecule has 0 aliphatic heterocycles. The molecule has 94 valence electrons. The number of methoxy groups -OCH3 is 1. The summed E-state index contributed by atoms with van der Waals surface area (Å²) in [7, 11) is 1.52. The topological polar surface area (TPSA) is 65.2 Å². The fraction of sp³-hybridized carbons (Fsp3) is 0.231. The number of aromatic nitrogens is 1. The lowest BCUT2D eigenvalue weighted by Crippen LogP contribution is -1.96. The number of thiazole rings is 1. The molecule has 0 saturated heterocycles. The van der Waals surface area contributed by atoms with Crippen LogP contribution in [0.5, 0.6) is 5.88 Å². The molecule has 0 amide bonds. The average Bonchev–Trinajstić information content (AvgIpc) is 2.82. The Hall–Kier alpha value is -1.88. The SMILES string of the molecule is CCC(=O)c1sc(-c2ccc(N)cc2)nc1OC. The van der Waals surface area contributed by atoms with Crippen LogP contribution in [0.4, 0.5) is 5.69 Å². The largest absolute Gasteiger partial charge is 0.480 e. The van der Waals surface area contributed by atoms with Gasteiger partial charge < -0.3 is 10.5 Å². The quantitative estimate of drug-likeness (QED) is 0.679. The van der Waals surface area contributed by atoms with Gasteiger partial charge in [-0.1, -0.05) is 6.92 Å². The van der Waals surface area contributed by atoms with E-state index in [2.05, 4.69) is 4.98 Å². The maximum absolute atomic E-state index is 11.8. The number of carbonyl (C=O) groups is 1. The van der Waals surface area contributed by atoms with Crippen LogP contribution in [0.15, 0.2) is 24.3 Å². The van der Waals surface area contributed by atoms with Crippen LogP contribution in [0, 0.1) is 0 Å². The van der Waals surface area contributed by atoms with Crippen molar-refractivity contribution in [1.29, 1.82) is 0 Å². The third kappa shape index (κ3) is 2.36. The molecular weight excluding hydrogens is 248 g/mol. The summed E-state index contributed by atoms with van der Waals surface area (Å²) in [5, 5.41) is 0.767. The van der Waals surface area contributed by atoms with Gasteiger partial charge in [0.05, 0.1) is 7.11 Å². The second kappa shape index (κ2) is 5.18. The molecule has 0 bridgehead atoms. The fourth-order valence-corrected chi connectivity index (χ4v) is 2.58. The Kier molecular flexibility index (Phi) is 3.62. The van der Waals surface area contributed by atoms with Gasteiger partial charge in [0.2, 0.25) is 5.88 Å². The van der Waals surface area contributed by atoms with E-state index in [0.29, 0.717) is 22.9 Å². The summed E-state index contributed by atoms with van der Waals surface area (Å²) in [6.45, 7) is 1.82. The first-order chi connectivity index (χ1) is 8.65. The predicted molar refractivity (Wildman–Crippen MR) is 73.1 cm³/mol. The Bertz CT molecular complexity index is 561. The Morgan fingerprint density at radius 2 is 2.06 bits per heavy atom. The Balaban J connectivity index is 2.43. The number of hydrogen-bond donors (Lipinski definition) is 1. The van der Waals surface area contributed by atoms with E-state index in [9.17, 15) is 4.79 Å². The molecule has 0 unspecified atom stereocenters. The number of nitrogens with two attached hydrogens (primary N) is 1.